The van der Waals surface area contributed by atoms with E-state index in [4.69, 9.17) is 9.47 Å². The van der Waals surface area contributed by atoms with Gasteiger partial charge in [-0.15, -0.1) is 0 Å². The maximum Gasteiger partial charge on any atom is 0.278 e. The van der Waals surface area contributed by atoms with Gasteiger partial charge in [0, 0.05) is 17.7 Å². The van der Waals surface area contributed by atoms with Crippen molar-refractivity contribution >= 4 is 11.6 Å². The normalized spacial score (nSPS) is 11.9. The molecule has 7 nitrogen and oxygen atoms in total. The molecule has 0 atom stereocenters. The summed E-state index contributed by atoms with van der Waals surface area (Å²) in [6, 6.07) is 21.1. The number of carbonyl (C=O) groups is 1. The Morgan fingerprint density at radius 2 is 1.78 bits per heavy atom. The Kier molecular flexibility index (Phi) is 6.38. The van der Waals surface area contributed by atoms with E-state index < -0.39 is 0 Å². The van der Waals surface area contributed by atoms with Crippen molar-refractivity contribution in [2.45, 2.75) is 40.2 Å². The lowest BCUT2D eigenvalue weighted by atomic mass is 10.0. The lowest BCUT2D eigenvalue weighted by Gasteiger charge is -2.21. The molecule has 36 heavy (non-hydrogen) atoms. The fourth-order valence-corrected chi connectivity index (χ4v) is 4.46. The van der Waals surface area contributed by atoms with Gasteiger partial charge in [0.1, 0.15) is 6.54 Å². The molecule has 1 N–H and O–H groups in total. The van der Waals surface area contributed by atoms with E-state index in [0.717, 1.165) is 23.1 Å². The molecule has 0 spiro atoms. The van der Waals surface area contributed by atoms with Crippen LogP contribution in [-0.4, -0.2) is 21.9 Å². The number of benzene rings is 3. The van der Waals surface area contributed by atoms with Crippen molar-refractivity contribution in [2.75, 3.05) is 11.9 Å². The third kappa shape index (κ3) is 4.40. The molecule has 0 fully saturated rings. The fourth-order valence-electron chi connectivity index (χ4n) is 4.46. The minimum absolute atomic E-state index is 0.0971. The van der Waals surface area contributed by atoms with Gasteiger partial charge >= 0.3 is 0 Å². The number of carbonyl (C=O) groups excluding carboxylic acids is 1. The number of fused-ring (bicyclic) bond motifs is 2. The topological polar surface area (TPSA) is 74.5 Å². The highest BCUT2D eigenvalue weighted by Crippen LogP contribution is 2.42. The number of aryl methyl sites for hydroxylation is 2. The van der Waals surface area contributed by atoms with Gasteiger partial charge in [0.15, 0.2) is 11.5 Å². The van der Waals surface area contributed by atoms with E-state index in [9.17, 15) is 9.59 Å². The number of aromatic nitrogens is 2. The average molecular weight is 484 g/mol. The summed E-state index contributed by atoms with van der Waals surface area (Å²) >= 11 is 0. The summed E-state index contributed by atoms with van der Waals surface area (Å²) in [5.41, 5.74) is 4.82. The van der Waals surface area contributed by atoms with Crippen LogP contribution in [0.4, 0.5) is 5.69 Å². The van der Waals surface area contributed by atoms with Gasteiger partial charge in [-0.2, -0.15) is 0 Å². The largest absolute Gasteiger partial charge is 0.490 e. The molecule has 0 radical (unpaired) electrons. The number of anilines is 1. The number of hydrogen-bond donors (Lipinski definition) is 1. The van der Waals surface area contributed by atoms with Gasteiger partial charge in [-0.05, 0) is 56.2 Å². The van der Waals surface area contributed by atoms with Gasteiger partial charge in [0.25, 0.3) is 5.56 Å². The molecule has 1 amide bonds. The van der Waals surface area contributed by atoms with Crippen molar-refractivity contribution < 1.29 is 14.3 Å². The zero-order valence-corrected chi connectivity index (χ0v) is 20.7. The van der Waals surface area contributed by atoms with Crippen LogP contribution in [0.3, 0.4) is 0 Å². The highest BCUT2D eigenvalue weighted by atomic mass is 16.5. The van der Waals surface area contributed by atoms with Crippen molar-refractivity contribution in [3.05, 3.63) is 99.3 Å². The van der Waals surface area contributed by atoms with Gasteiger partial charge < -0.3 is 14.8 Å². The van der Waals surface area contributed by atoms with Crippen molar-refractivity contribution in [1.82, 2.24) is 9.36 Å². The smallest absolute Gasteiger partial charge is 0.278 e. The summed E-state index contributed by atoms with van der Waals surface area (Å²) < 4.78 is 15.3. The van der Waals surface area contributed by atoms with Crippen LogP contribution in [-0.2, 0) is 24.2 Å². The minimum atomic E-state index is -0.261. The highest BCUT2D eigenvalue weighted by Gasteiger charge is 2.30. The number of amides is 1. The van der Waals surface area contributed by atoms with Gasteiger partial charge in [-0.1, -0.05) is 48.9 Å². The molecule has 1 aliphatic heterocycles. The number of nitrogens with zero attached hydrogens (tertiary/aromatic N) is 2. The molecule has 0 aliphatic carbocycles. The summed E-state index contributed by atoms with van der Waals surface area (Å²) in [4.78, 5) is 26.8. The molecule has 184 valence electrons. The summed E-state index contributed by atoms with van der Waals surface area (Å²) in [6.07, 6.45) is 1.29. The second-order valence-electron chi connectivity index (χ2n) is 8.85. The van der Waals surface area contributed by atoms with Crippen LogP contribution in [0.25, 0.3) is 5.69 Å². The molecular weight excluding hydrogens is 454 g/mol. The highest BCUT2D eigenvalue weighted by molar-refractivity contribution is 5.90. The fraction of sp³-hybridized carbons (Fsp3) is 0.241. The Hall–Kier alpha value is -4.26. The molecular formula is C29H29N3O4. The van der Waals surface area contributed by atoms with Crippen molar-refractivity contribution in [2.24, 2.45) is 0 Å². The molecule has 1 aliphatic rings. The summed E-state index contributed by atoms with van der Waals surface area (Å²) in [5, 5.41) is 2.93. The maximum atomic E-state index is 13.7. The molecule has 2 heterocycles. The van der Waals surface area contributed by atoms with Gasteiger partial charge in [0.05, 0.1) is 17.9 Å². The summed E-state index contributed by atoms with van der Waals surface area (Å²) in [6.45, 7) is 6.38. The SMILES string of the molecule is CCOc1cccc2c1Oc1c(c(=O)n(-c3ccc(CC)cc3)n1CC(=O)Nc1ccc(C)cc1)C2. The first kappa shape index (κ1) is 23.5. The molecule has 7 heteroatoms. The average Bonchev–Trinajstić information content (AvgIpc) is 3.15. The second-order valence-corrected chi connectivity index (χ2v) is 8.85. The Bertz CT molecular complexity index is 1460. The predicted molar refractivity (Wildman–Crippen MR) is 140 cm³/mol. The monoisotopic (exact) mass is 483 g/mol. The van der Waals surface area contributed by atoms with E-state index in [1.807, 2.05) is 80.6 Å². The quantitative estimate of drug-likeness (QED) is 0.343. The molecule has 1 aromatic heterocycles. The summed E-state index contributed by atoms with van der Waals surface area (Å²) in [7, 11) is 0. The van der Waals surface area contributed by atoms with Gasteiger partial charge in [-0.3, -0.25) is 9.59 Å². The second kappa shape index (κ2) is 9.77. The molecule has 0 saturated carbocycles. The van der Waals surface area contributed by atoms with Crippen molar-refractivity contribution in [1.29, 1.82) is 0 Å². The van der Waals surface area contributed by atoms with E-state index in [1.165, 1.54) is 4.68 Å². The molecule has 4 aromatic rings. The Morgan fingerprint density at radius 3 is 2.47 bits per heavy atom. The van der Waals surface area contributed by atoms with E-state index >= 15 is 0 Å². The molecule has 5 rings (SSSR count). The van der Waals surface area contributed by atoms with Crippen LogP contribution < -0.4 is 20.3 Å². The zero-order valence-electron chi connectivity index (χ0n) is 20.7. The summed E-state index contributed by atoms with van der Waals surface area (Å²) in [5.74, 6) is 1.29. The van der Waals surface area contributed by atoms with E-state index in [0.29, 0.717) is 47.3 Å². The zero-order chi connectivity index (χ0) is 25.2. The van der Waals surface area contributed by atoms with E-state index in [1.54, 1.807) is 4.68 Å². The third-order valence-corrected chi connectivity index (χ3v) is 6.33. The Morgan fingerprint density at radius 1 is 1.03 bits per heavy atom. The van der Waals surface area contributed by atoms with Crippen molar-refractivity contribution in [3.63, 3.8) is 0 Å². The minimum Gasteiger partial charge on any atom is -0.490 e. The predicted octanol–water partition coefficient (Wildman–Crippen LogP) is 5.24. The molecule has 0 unspecified atom stereocenters. The lowest BCUT2D eigenvalue weighted by molar-refractivity contribution is -0.117. The first-order valence-corrected chi connectivity index (χ1v) is 12.2. The van der Waals surface area contributed by atoms with Crippen LogP contribution in [0.2, 0.25) is 0 Å². The molecule has 0 bridgehead atoms. The van der Waals surface area contributed by atoms with E-state index in [-0.39, 0.29) is 18.0 Å². The first-order chi connectivity index (χ1) is 17.5. The van der Waals surface area contributed by atoms with Crippen molar-refractivity contribution in [3.8, 4) is 23.1 Å². The Balaban J connectivity index is 1.58. The Labute approximate surface area is 209 Å². The van der Waals surface area contributed by atoms with Gasteiger partial charge in [0.2, 0.25) is 11.8 Å². The van der Waals surface area contributed by atoms with Crippen LogP contribution in [0.1, 0.15) is 36.1 Å². The third-order valence-electron chi connectivity index (χ3n) is 6.33. The van der Waals surface area contributed by atoms with Crippen LogP contribution in [0.5, 0.6) is 17.4 Å². The number of rotatable bonds is 7. The molecule has 3 aromatic carbocycles. The van der Waals surface area contributed by atoms with E-state index in [2.05, 4.69) is 12.2 Å². The number of para-hydroxylation sites is 1. The van der Waals surface area contributed by atoms with Crippen LogP contribution in [0, 0.1) is 6.92 Å². The number of hydrogen-bond acceptors (Lipinski definition) is 4. The lowest BCUT2D eigenvalue weighted by Crippen LogP contribution is -2.27. The number of ether oxygens (including phenoxy) is 2. The standard InChI is InChI=1S/C29H29N3O4/c1-4-20-11-15-23(16-12-20)32-28(34)24-17-21-7-6-8-25(35-5-2)27(21)36-29(24)31(32)18-26(33)30-22-13-9-19(3)10-14-22/h6-16H,4-5,17-18H2,1-3H3,(H,30,33). The van der Waals surface area contributed by atoms with Gasteiger partial charge in [-0.25, -0.2) is 9.36 Å². The maximum absolute atomic E-state index is 13.7. The first-order valence-electron chi connectivity index (χ1n) is 12.2. The van der Waals surface area contributed by atoms with Crippen LogP contribution in [0.15, 0.2) is 71.5 Å². The van der Waals surface area contributed by atoms with Crippen LogP contribution >= 0.6 is 0 Å². The molecule has 0 saturated heterocycles. The number of nitrogens with one attached hydrogen (secondary N) is 1.